The number of carboxylic acid groups (broad SMARTS) is 1. The smallest absolute Gasteiger partial charge is 0.323 e. The molecule has 0 bridgehead atoms. The summed E-state index contributed by atoms with van der Waals surface area (Å²) >= 11 is 0. The van der Waals surface area contributed by atoms with E-state index in [9.17, 15) is 9.59 Å². The van der Waals surface area contributed by atoms with Crippen LogP contribution < -0.4 is 0 Å². The second-order valence-electron chi connectivity index (χ2n) is 5.99. The first kappa shape index (κ1) is 12.9. The third-order valence-corrected chi connectivity index (χ3v) is 4.91. The van der Waals surface area contributed by atoms with Gasteiger partial charge >= 0.3 is 5.97 Å². The van der Waals surface area contributed by atoms with Crippen LogP contribution in [0.5, 0.6) is 0 Å². The van der Waals surface area contributed by atoms with Gasteiger partial charge in [0.15, 0.2) is 0 Å². The Morgan fingerprint density at radius 1 is 1.11 bits per heavy atom. The molecule has 1 aliphatic heterocycles. The molecule has 2 saturated carbocycles. The van der Waals surface area contributed by atoms with Crippen LogP contribution in [0.1, 0.15) is 32.1 Å². The summed E-state index contributed by atoms with van der Waals surface area (Å²) in [7, 11) is 0. The molecule has 0 radical (unpaired) electrons. The van der Waals surface area contributed by atoms with E-state index in [4.69, 9.17) is 9.84 Å². The number of hydrogen-bond donors (Lipinski definition) is 1. The van der Waals surface area contributed by atoms with Gasteiger partial charge in [-0.1, -0.05) is 6.42 Å². The van der Waals surface area contributed by atoms with E-state index in [0.29, 0.717) is 25.0 Å². The van der Waals surface area contributed by atoms with Crippen molar-refractivity contribution in [3.8, 4) is 0 Å². The van der Waals surface area contributed by atoms with Gasteiger partial charge in [-0.2, -0.15) is 0 Å². The van der Waals surface area contributed by atoms with Crippen molar-refractivity contribution in [3.05, 3.63) is 0 Å². The summed E-state index contributed by atoms with van der Waals surface area (Å²) in [6.45, 7) is 1.11. The maximum Gasteiger partial charge on any atom is 0.323 e. The van der Waals surface area contributed by atoms with Crippen LogP contribution in [-0.2, 0) is 14.3 Å². The minimum atomic E-state index is -0.911. The van der Waals surface area contributed by atoms with E-state index in [1.807, 2.05) is 0 Å². The fourth-order valence-corrected chi connectivity index (χ4v) is 3.91. The molecule has 5 heteroatoms. The molecule has 106 valence electrons. The van der Waals surface area contributed by atoms with Gasteiger partial charge in [0.25, 0.3) is 0 Å². The molecule has 2 aliphatic carbocycles. The number of rotatable bonds is 4. The largest absolute Gasteiger partial charge is 0.480 e. The zero-order valence-electron chi connectivity index (χ0n) is 11.1. The van der Waals surface area contributed by atoms with E-state index >= 15 is 0 Å². The minimum Gasteiger partial charge on any atom is -0.480 e. The van der Waals surface area contributed by atoms with Gasteiger partial charge in [0.2, 0.25) is 5.91 Å². The number of nitrogens with zero attached hydrogens (tertiary/aromatic N) is 1. The lowest BCUT2D eigenvalue weighted by Crippen LogP contribution is -2.47. The first-order chi connectivity index (χ1) is 9.18. The van der Waals surface area contributed by atoms with Gasteiger partial charge in [0.1, 0.15) is 6.54 Å². The molecule has 0 aromatic heterocycles. The maximum absolute atomic E-state index is 12.6. The molecule has 3 fully saturated rings. The molecule has 1 amide bonds. The third kappa shape index (κ3) is 2.48. The summed E-state index contributed by atoms with van der Waals surface area (Å²) in [5.74, 6) is 0.387. The Morgan fingerprint density at radius 3 is 2.32 bits per heavy atom. The molecule has 19 heavy (non-hydrogen) atoms. The Bertz CT molecular complexity index is 368. The molecule has 3 aliphatic rings. The molecular weight excluding hydrogens is 246 g/mol. The summed E-state index contributed by atoms with van der Waals surface area (Å²) < 4.78 is 5.30. The van der Waals surface area contributed by atoms with Crippen molar-refractivity contribution < 1.29 is 19.4 Å². The average Bonchev–Trinajstić information content (AvgIpc) is 2.89. The summed E-state index contributed by atoms with van der Waals surface area (Å²) in [6.07, 6.45) is 5.06. The second kappa shape index (κ2) is 5.12. The quantitative estimate of drug-likeness (QED) is 0.829. The van der Waals surface area contributed by atoms with Crippen molar-refractivity contribution in [2.45, 2.75) is 38.1 Å². The molecule has 0 aromatic rings. The number of carbonyl (C=O) groups excluding carboxylic acids is 1. The van der Waals surface area contributed by atoms with Crippen LogP contribution in [0, 0.1) is 17.8 Å². The Labute approximate surface area is 112 Å². The second-order valence-corrected chi connectivity index (χ2v) is 5.99. The highest BCUT2D eigenvalue weighted by Gasteiger charge is 2.58. The lowest BCUT2D eigenvalue weighted by Gasteiger charge is -2.33. The van der Waals surface area contributed by atoms with E-state index in [1.54, 1.807) is 4.90 Å². The highest BCUT2D eigenvalue weighted by atomic mass is 16.5. The molecule has 2 unspecified atom stereocenters. The number of amides is 1. The van der Waals surface area contributed by atoms with Crippen LogP contribution in [0.4, 0.5) is 0 Å². The van der Waals surface area contributed by atoms with Crippen molar-refractivity contribution in [3.63, 3.8) is 0 Å². The summed E-state index contributed by atoms with van der Waals surface area (Å²) in [6, 6.07) is 0.0543. The minimum absolute atomic E-state index is 0.0543. The monoisotopic (exact) mass is 267 g/mol. The maximum atomic E-state index is 12.6. The predicted octanol–water partition coefficient (Wildman–Crippen LogP) is 1.12. The van der Waals surface area contributed by atoms with E-state index in [1.165, 1.54) is 6.42 Å². The molecule has 3 rings (SSSR count). The van der Waals surface area contributed by atoms with Crippen molar-refractivity contribution in [2.24, 2.45) is 17.8 Å². The topological polar surface area (TPSA) is 66.8 Å². The van der Waals surface area contributed by atoms with Crippen molar-refractivity contribution in [1.82, 2.24) is 4.90 Å². The fraction of sp³-hybridized carbons (Fsp3) is 0.857. The van der Waals surface area contributed by atoms with Gasteiger partial charge in [-0.15, -0.1) is 0 Å². The average molecular weight is 267 g/mol. The molecule has 0 spiro atoms. The zero-order chi connectivity index (χ0) is 13.4. The first-order valence-electron chi connectivity index (χ1n) is 7.28. The van der Waals surface area contributed by atoms with Gasteiger partial charge in [0, 0.05) is 25.2 Å². The highest BCUT2D eigenvalue weighted by Crippen LogP contribution is 2.58. The Morgan fingerprint density at radius 2 is 1.74 bits per heavy atom. The SMILES string of the molecule is O=C(O)CN(C(=O)C1C2CCCC21)C1CCOCC1. The molecule has 1 N–H and O–H groups in total. The van der Waals surface area contributed by atoms with Crippen LogP contribution in [0.2, 0.25) is 0 Å². The summed E-state index contributed by atoms with van der Waals surface area (Å²) in [5, 5.41) is 9.04. The number of fused-ring (bicyclic) bond motifs is 1. The van der Waals surface area contributed by atoms with Crippen LogP contribution in [0.25, 0.3) is 0 Å². The molecule has 1 heterocycles. The van der Waals surface area contributed by atoms with Gasteiger partial charge in [0.05, 0.1) is 0 Å². The van der Waals surface area contributed by atoms with Gasteiger partial charge in [-0.05, 0) is 37.5 Å². The van der Waals surface area contributed by atoms with Crippen molar-refractivity contribution >= 4 is 11.9 Å². The standard InChI is InChI=1S/C14H21NO4/c16-12(17)8-15(9-4-6-19-7-5-9)14(18)13-10-2-1-3-11(10)13/h9-11,13H,1-8H2,(H,16,17). The Kier molecular flexibility index (Phi) is 3.48. The summed E-state index contributed by atoms with van der Waals surface area (Å²) in [5.41, 5.74) is 0. The van der Waals surface area contributed by atoms with E-state index in [0.717, 1.165) is 25.7 Å². The number of aliphatic carboxylic acids is 1. The van der Waals surface area contributed by atoms with Crippen LogP contribution in [0.3, 0.4) is 0 Å². The molecule has 5 nitrogen and oxygen atoms in total. The highest BCUT2D eigenvalue weighted by molar-refractivity contribution is 5.86. The molecule has 2 atom stereocenters. The van der Waals surface area contributed by atoms with Crippen molar-refractivity contribution in [1.29, 1.82) is 0 Å². The molecule has 0 aromatic carbocycles. The first-order valence-corrected chi connectivity index (χ1v) is 7.28. The summed E-state index contributed by atoms with van der Waals surface area (Å²) in [4.78, 5) is 25.2. The van der Waals surface area contributed by atoms with Gasteiger partial charge in [-0.25, -0.2) is 0 Å². The van der Waals surface area contributed by atoms with E-state index in [-0.39, 0.29) is 24.4 Å². The number of carbonyl (C=O) groups is 2. The Hall–Kier alpha value is -1.10. The number of carboxylic acids is 1. The predicted molar refractivity (Wildman–Crippen MR) is 67.5 cm³/mol. The van der Waals surface area contributed by atoms with Crippen molar-refractivity contribution in [2.75, 3.05) is 19.8 Å². The van der Waals surface area contributed by atoms with Crippen LogP contribution in [0.15, 0.2) is 0 Å². The molecular formula is C14H21NO4. The lowest BCUT2D eigenvalue weighted by molar-refractivity contribution is -0.148. The van der Waals surface area contributed by atoms with E-state index in [2.05, 4.69) is 0 Å². The molecule has 1 saturated heterocycles. The third-order valence-electron chi connectivity index (χ3n) is 4.91. The zero-order valence-corrected chi connectivity index (χ0v) is 11.1. The van der Waals surface area contributed by atoms with Gasteiger partial charge < -0.3 is 14.7 Å². The number of hydrogen-bond acceptors (Lipinski definition) is 3. The van der Waals surface area contributed by atoms with Crippen LogP contribution >= 0.6 is 0 Å². The van der Waals surface area contributed by atoms with Gasteiger partial charge in [-0.3, -0.25) is 9.59 Å². The van der Waals surface area contributed by atoms with E-state index < -0.39 is 5.97 Å². The number of ether oxygens (including phenoxy) is 1. The fourth-order valence-electron chi connectivity index (χ4n) is 3.91. The lowest BCUT2D eigenvalue weighted by atomic mass is 10.0. The Balaban J connectivity index is 1.67. The van der Waals surface area contributed by atoms with Crippen LogP contribution in [-0.4, -0.2) is 47.7 Å². The normalized spacial score (nSPS) is 33.8.